The number of halogens is 2. The van der Waals surface area contributed by atoms with Gasteiger partial charge >= 0.3 is 0 Å². The van der Waals surface area contributed by atoms with Crippen LogP contribution in [-0.4, -0.2) is 62.1 Å². The maximum atomic E-state index is 14.0. The molecule has 5 nitrogen and oxygen atoms in total. The number of nitrogens with one attached hydrogen (secondary N) is 2. The van der Waals surface area contributed by atoms with Gasteiger partial charge in [-0.05, 0) is 64.5 Å². The summed E-state index contributed by atoms with van der Waals surface area (Å²) in [6.07, 6.45) is 6.33. The van der Waals surface area contributed by atoms with E-state index in [4.69, 9.17) is 0 Å². The Balaban J connectivity index is 0.00000280. The molecule has 2 bridgehead atoms. The third-order valence-corrected chi connectivity index (χ3v) is 5.96. The Morgan fingerprint density at radius 2 is 1.93 bits per heavy atom. The summed E-state index contributed by atoms with van der Waals surface area (Å²) in [6, 6.07) is 7.20. The van der Waals surface area contributed by atoms with E-state index in [2.05, 4.69) is 27.6 Å². The maximum Gasteiger partial charge on any atom is 0.191 e. The largest absolute Gasteiger partial charge is 0.354 e. The van der Waals surface area contributed by atoms with Gasteiger partial charge in [0, 0.05) is 43.8 Å². The molecule has 0 amide bonds. The van der Waals surface area contributed by atoms with Gasteiger partial charge < -0.3 is 20.4 Å². The van der Waals surface area contributed by atoms with E-state index >= 15 is 0 Å². The van der Waals surface area contributed by atoms with Crippen LogP contribution in [-0.2, 0) is 13.1 Å². The molecule has 2 fully saturated rings. The lowest BCUT2D eigenvalue weighted by Crippen LogP contribution is -2.56. The Kier molecular flexibility index (Phi) is 8.95. The first kappa shape index (κ1) is 23.3. The number of benzene rings is 1. The molecule has 7 heteroatoms. The molecule has 3 rings (SSSR count). The van der Waals surface area contributed by atoms with Gasteiger partial charge in [0.1, 0.15) is 5.82 Å². The second-order valence-electron chi connectivity index (χ2n) is 8.31. The van der Waals surface area contributed by atoms with Crippen LogP contribution in [0.15, 0.2) is 23.2 Å². The van der Waals surface area contributed by atoms with Crippen LogP contribution in [0.25, 0.3) is 0 Å². The zero-order valence-corrected chi connectivity index (χ0v) is 19.9. The molecule has 2 unspecified atom stereocenters. The number of guanidine groups is 1. The van der Waals surface area contributed by atoms with E-state index in [1.807, 2.05) is 38.2 Å². The van der Waals surface area contributed by atoms with Crippen molar-refractivity contribution in [2.24, 2.45) is 4.99 Å². The molecule has 1 aromatic carbocycles. The van der Waals surface area contributed by atoms with E-state index < -0.39 is 0 Å². The Labute approximate surface area is 186 Å². The molecule has 2 heterocycles. The van der Waals surface area contributed by atoms with Crippen molar-refractivity contribution in [2.45, 2.75) is 63.3 Å². The van der Waals surface area contributed by atoms with E-state index in [1.165, 1.54) is 32.1 Å². The molecule has 0 saturated carbocycles. The third-order valence-electron chi connectivity index (χ3n) is 5.96. The third kappa shape index (κ3) is 6.03. The van der Waals surface area contributed by atoms with Gasteiger partial charge in [0.2, 0.25) is 0 Å². The zero-order valence-electron chi connectivity index (χ0n) is 17.5. The molecule has 0 aromatic heterocycles. The van der Waals surface area contributed by atoms with Crippen LogP contribution >= 0.6 is 24.0 Å². The highest BCUT2D eigenvalue weighted by Crippen LogP contribution is 2.32. The molecule has 158 valence electrons. The lowest BCUT2D eigenvalue weighted by Gasteiger charge is -2.47. The molecule has 28 heavy (non-hydrogen) atoms. The number of rotatable bonds is 5. The summed E-state index contributed by atoms with van der Waals surface area (Å²) < 4.78 is 14.0. The van der Waals surface area contributed by atoms with Gasteiger partial charge in [0.25, 0.3) is 0 Å². The van der Waals surface area contributed by atoms with Gasteiger partial charge in [0.05, 0.1) is 0 Å². The van der Waals surface area contributed by atoms with Crippen molar-refractivity contribution in [2.75, 3.05) is 28.2 Å². The standard InChI is InChI=1S/C21H34FN5.HI/c1-23-21(25-17-11-18-6-5-7-19(12-17)27(18)4)24-13-15-8-9-20(22)16(10-15)14-26(2)3;/h8-10,17-19H,5-7,11-14H2,1-4H3,(H2,23,24,25);1H. The first-order valence-corrected chi connectivity index (χ1v) is 10.1. The van der Waals surface area contributed by atoms with E-state index in [-0.39, 0.29) is 29.8 Å². The second-order valence-corrected chi connectivity index (χ2v) is 8.31. The minimum absolute atomic E-state index is 0. The minimum Gasteiger partial charge on any atom is -0.354 e. The van der Waals surface area contributed by atoms with E-state index in [0.717, 1.165) is 17.1 Å². The summed E-state index contributed by atoms with van der Waals surface area (Å²) in [6.45, 7) is 1.24. The Bertz CT molecular complexity index is 652. The van der Waals surface area contributed by atoms with Crippen molar-refractivity contribution in [1.29, 1.82) is 0 Å². The minimum atomic E-state index is -0.146. The van der Waals surface area contributed by atoms with Crippen molar-refractivity contribution in [1.82, 2.24) is 20.4 Å². The fraction of sp³-hybridized carbons (Fsp3) is 0.667. The quantitative estimate of drug-likeness (QED) is 0.368. The Morgan fingerprint density at radius 1 is 1.25 bits per heavy atom. The number of hydrogen-bond acceptors (Lipinski definition) is 3. The zero-order chi connectivity index (χ0) is 19.4. The Morgan fingerprint density at radius 3 is 2.54 bits per heavy atom. The van der Waals surface area contributed by atoms with Crippen molar-refractivity contribution >= 4 is 29.9 Å². The summed E-state index contributed by atoms with van der Waals surface area (Å²) >= 11 is 0. The normalized spacial score (nSPS) is 25.4. The van der Waals surface area contributed by atoms with Gasteiger partial charge in [0.15, 0.2) is 5.96 Å². The summed E-state index contributed by atoms with van der Waals surface area (Å²) in [5, 5.41) is 7.01. The van der Waals surface area contributed by atoms with Crippen molar-refractivity contribution in [3.8, 4) is 0 Å². The van der Waals surface area contributed by atoms with Crippen LogP contribution in [0.4, 0.5) is 4.39 Å². The average Bonchev–Trinajstić information content (AvgIpc) is 2.61. The summed E-state index contributed by atoms with van der Waals surface area (Å²) in [7, 11) is 7.99. The fourth-order valence-corrected chi connectivity index (χ4v) is 4.51. The number of aliphatic imine (C=N–C) groups is 1. The molecule has 0 spiro atoms. The molecule has 0 radical (unpaired) electrons. The highest BCUT2D eigenvalue weighted by molar-refractivity contribution is 14.0. The van der Waals surface area contributed by atoms with Gasteiger partial charge in [-0.1, -0.05) is 12.5 Å². The van der Waals surface area contributed by atoms with Gasteiger partial charge in [-0.15, -0.1) is 24.0 Å². The highest BCUT2D eigenvalue weighted by atomic mass is 127. The summed E-state index contributed by atoms with van der Waals surface area (Å²) in [5.74, 6) is 0.689. The second kappa shape index (κ2) is 10.7. The number of piperidine rings is 2. The molecule has 2 atom stereocenters. The smallest absolute Gasteiger partial charge is 0.191 e. The molecule has 2 saturated heterocycles. The van der Waals surface area contributed by atoms with Gasteiger partial charge in [-0.3, -0.25) is 4.99 Å². The van der Waals surface area contributed by atoms with E-state index in [1.54, 1.807) is 6.07 Å². The van der Waals surface area contributed by atoms with Crippen LogP contribution < -0.4 is 10.6 Å². The molecular weight excluding hydrogens is 468 g/mol. The number of fused-ring (bicyclic) bond motifs is 2. The van der Waals surface area contributed by atoms with Gasteiger partial charge in [-0.25, -0.2) is 4.39 Å². The van der Waals surface area contributed by atoms with Gasteiger partial charge in [-0.2, -0.15) is 0 Å². The van der Waals surface area contributed by atoms with Crippen molar-refractivity contribution in [3.63, 3.8) is 0 Å². The van der Waals surface area contributed by atoms with Crippen LogP contribution in [0, 0.1) is 5.82 Å². The molecule has 2 aliphatic heterocycles. The number of nitrogens with zero attached hydrogens (tertiary/aromatic N) is 3. The predicted molar refractivity (Wildman–Crippen MR) is 125 cm³/mol. The van der Waals surface area contributed by atoms with Crippen LogP contribution in [0.1, 0.15) is 43.2 Å². The highest BCUT2D eigenvalue weighted by Gasteiger charge is 2.36. The van der Waals surface area contributed by atoms with Crippen LogP contribution in [0.2, 0.25) is 0 Å². The van der Waals surface area contributed by atoms with Crippen LogP contribution in [0.5, 0.6) is 0 Å². The van der Waals surface area contributed by atoms with Crippen molar-refractivity contribution < 1.29 is 4.39 Å². The molecule has 0 aliphatic carbocycles. The fourth-order valence-electron chi connectivity index (χ4n) is 4.51. The van der Waals surface area contributed by atoms with Crippen LogP contribution in [0.3, 0.4) is 0 Å². The average molecular weight is 503 g/mol. The first-order valence-electron chi connectivity index (χ1n) is 10.1. The van der Waals surface area contributed by atoms with E-state index in [9.17, 15) is 4.39 Å². The topological polar surface area (TPSA) is 42.9 Å². The van der Waals surface area contributed by atoms with Crippen molar-refractivity contribution in [3.05, 3.63) is 35.1 Å². The SMILES string of the molecule is CN=C(NCc1ccc(F)c(CN(C)C)c1)NC1CC2CCCC(C1)N2C.I. The summed E-state index contributed by atoms with van der Waals surface area (Å²) in [4.78, 5) is 8.95. The molecule has 1 aromatic rings. The first-order chi connectivity index (χ1) is 13.0. The lowest BCUT2D eigenvalue weighted by atomic mass is 9.82. The summed E-state index contributed by atoms with van der Waals surface area (Å²) in [5.41, 5.74) is 1.79. The maximum absolute atomic E-state index is 14.0. The predicted octanol–water partition coefficient (Wildman–Crippen LogP) is 3.19. The molecule has 2 aliphatic rings. The van der Waals surface area contributed by atoms with E-state index in [0.29, 0.717) is 31.2 Å². The molecular formula is C21H35FIN5. The molecule has 2 N–H and O–H groups in total. The number of hydrogen-bond donors (Lipinski definition) is 2. The Hall–Kier alpha value is -0.930. The monoisotopic (exact) mass is 503 g/mol. The lowest BCUT2D eigenvalue weighted by molar-refractivity contribution is 0.0526.